The number of aryl methyl sites for hydroxylation is 2. The van der Waals surface area contributed by atoms with Crippen LogP contribution in [0.3, 0.4) is 0 Å². The van der Waals surface area contributed by atoms with E-state index in [1.807, 2.05) is 26.0 Å². The summed E-state index contributed by atoms with van der Waals surface area (Å²) in [5, 5.41) is 6.40. The van der Waals surface area contributed by atoms with Crippen LogP contribution < -0.4 is 10.6 Å². The summed E-state index contributed by atoms with van der Waals surface area (Å²) in [6.07, 6.45) is 3.49. The number of furan rings is 1. The average molecular weight is 420 g/mol. The van der Waals surface area contributed by atoms with Gasteiger partial charge >= 0.3 is 5.97 Å². The number of hydrogen-bond donors (Lipinski definition) is 2. The second kappa shape index (κ2) is 8.63. The Morgan fingerprint density at radius 2 is 1.84 bits per heavy atom. The van der Waals surface area contributed by atoms with E-state index in [9.17, 15) is 14.4 Å². The maximum Gasteiger partial charge on any atom is 0.310 e. The lowest BCUT2D eigenvalue weighted by Gasteiger charge is -2.11. The Balaban J connectivity index is 1.34. The van der Waals surface area contributed by atoms with Gasteiger partial charge in [-0.1, -0.05) is 12.1 Å². The van der Waals surface area contributed by atoms with E-state index in [1.54, 1.807) is 30.5 Å². The number of anilines is 1. The van der Waals surface area contributed by atoms with Crippen molar-refractivity contribution in [2.75, 3.05) is 11.9 Å². The topological polar surface area (TPSA) is 97.6 Å². The zero-order valence-corrected chi connectivity index (χ0v) is 17.5. The van der Waals surface area contributed by atoms with Gasteiger partial charge in [0.15, 0.2) is 6.61 Å². The zero-order valence-electron chi connectivity index (χ0n) is 17.5. The number of ether oxygens (including phenoxy) is 1. The van der Waals surface area contributed by atoms with Crippen molar-refractivity contribution in [1.82, 2.24) is 5.32 Å². The highest BCUT2D eigenvalue weighted by Crippen LogP contribution is 2.25. The molecular formula is C24H24N2O5. The maximum absolute atomic E-state index is 12.3. The Labute approximate surface area is 179 Å². The normalized spacial score (nSPS) is 13.1. The summed E-state index contributed by atoms with van der Waals surface area (Å²) in [7, 11) is 0. The molecule has 7 nitrogen and oxygen atoms in total. The second-order valence-electron chi connectivity index (χ2n) is 7.87. The predicted octanol–water partition coefficient (Wildman–Crippen LogP) is 3.67. The predicted molar refractivity (Wildman–Crippen MR) is 116 cm³/mol. The van der Waals surface area contributed by atoms with Crippen LogP contribution in [-0.2, 0) is 20.7 Å². The van der Waals surface area contributed by atoms with Crippen molar-refractivity contribution in [2.45, 2.75) is 39.2 Å². The number of amides is 2. The van der Waals surface area contributed by atoms with Gasteiger partial charge in [0.1, 0.15) is 5.58 Å². The number of carbonyl (C=O) groups excluding carboxylic acids is 3. The molecule has 160 valence electrons. The summed E-state index contributed by atoms with van der Waals surface area (Å²) >= 11 is 0. The fourth-order valence-corrected chi connectivity index (χ4v) is 3.29. The van der Waals surface area contributed by atoms with Gasteiger partial charge in [-0.25, -0.2) is 0 Å². The molecule has 0 unspecified atom stereocenters. The van der Waals surface area contributed by atoms with Gasteiger partial charge in [0.2, 0.25) is 0 Å². The van der Waals surface area contributed by atoms with Crippen molar-refractivity contribution >= 4 is 34.4 Å². The van der Waals surface area contributed by atoms with Gasteiger partial charge in [-0.05, 0) is 62.1 Å². The van der Waals surface area contributed by atoms with Crippen molar-refractivity contribution in [2.24, 2.45) is 0 Å². The number of fused-ring (bicyclic) bond motifs is 1. The average Bonchev–Trinajstić information content (AvgIpc) is 3.48. The van der Waals surface area contributed by atoms with E-state index in [0.29, 0.717) is 22.4 Å². The summed E-state index contributed by atoms with van der Waals surface area (Å²) < 4.78 is 10.7. The number of hydrogen-bond acceptors (Lipinski definition) is 5. The van der Waals surface area contributed by atoms with E-state index in [1.165, 1.54) is 0 Å². The summed E-state index contributed by atoms with van der Waals surface area (Å²) in [5.74, 6) is -1.27. The standard InChI is InChI=1S/C24H24N2O5/c1-14-9-19-16(12-30-21(19)10-15(14)2)11-23(28)31-13-22(27)26-20-6-4-3-5-18(20)24(29)25-17-7-8-17/h3-6,9-10,12,17H,7-8,11,13H2,1-2H3,(H,25,29)(H,26,27). The molecule has 4 rings (SSSR count). The van der Waals surface area contributed by atoms with Crippen molar-refractivity contribution in [3.05, 3.63) is 64.9 Å². The quantitative estimate of drug-likeness (QED) is 0.569. The van der Waals surface area contributed by atoms with Crippen LogP contribution in [0.5, 0.6) is 0 Å². The number of para-hydroxylation sites is 1. The Bertz CT molecular complexity index is 1160. The molecular weight excluding hydrogens is 396 g/mol. The van der Waals surface area contributed by atoms with E-state index in [0.717, 1.165) is 29.4 Å². The maximum atomic E-state index is 12.3. The third kappa shape index (κ3) is 4.94. The van der Waals surface area contributed by atoms with Gasteiger partial charge in [0.25, 0.3) is 11.8 Å². The number of benzene rings is 2. The third-order valence-electron chi connectivity index (χ3n) is 5.33. The molecule has 1 heterocycles. The van der Waals surface area contributed by atoms with Crippen molar-refractivity contribution < 1.29 is 23.5 Å². The van der Waals surface area contributed by atoms with Gasteiger partial charge < -0.3 is 19.8 Å². The number of nitrogens with one attached hydrogen (secondary N) is 2. The molecule has 2 N–H and O–H groups in total. The lowest BCUT2D eigenvalue weighted by atomic mass is 10.0. The summed E-state index contributed by atoms with van der Waals surface area (Å²) in [4.78, 5) is 36.9. The molecule has 0 aliphatic heterocycles. The van der Waals surface area contributed by atoms with Crippen molar-refractivity contribution in [3.8, 4) is 0 Å². The molecule has 0 radical (unpaired) electrons. The molecule has 1 saturated carbocycles. The molecule has 1 aliphatic carbocycles. The first-order valence-electron chi connectivity index (χ1n) is 10.2. The first kappa shape index (κ1) is 20.7. The lowest BCUT2D eigenvalue weighted by Crippen LogP contribution is -2.28. The number of carbonyl (C=O) groups is 3. The first-order chi connectivity index (χ1) is 14.9. The van der Waals surface area contributed by atoms with Gasteiger partial charge in [0.05, 0.1) is 23.9 Å². The van der Waals surface area contributed by atoms with Crippen molar-refractivity contribution in [1.29, 1.82) is 0 Å². The molecule has 0 saturated heterocycles. The monoisotopic (exact) mass is 420 g/mol. The van der Waals surface area contributed by atoms with E-state index >= 15 is 0 Å². The van der Waals surface area contributed by atoms with Crippen LogP contribution >= 0.6 is 0 Å². The van der Waals surface area contributed by atoms with Crippen LogP contribution in [0.15, 0.2) is 47.1 Å². The van der Waals surface area contributed by atoms with E-state index in [2.05, 4.69) is 10.6 Å². The highest BCUT2D eigenvalue weighted by atomic mass is 16.5. The molecule has 0 bridgehead atoms. The Hall–Kier alpha value is -3.61. The van der Waals surface area contributed by atoms with E-state index in [-0.39, 0.29) is 18.4 Å². The van der Waals surface area contributed by atoms with Crippen LogP contribution in [0, 0.1) is 13.8 Å². The summed E-state index contributed by atoms with van der Waals surface area (Å²) in [6.45, 7) is 3.56. The first-order valence-corrected chi connectivity index (χ1v) is 10.2. The Kier molecular flexibility index (Phi) is 5.75. The zero-order chi connectivity index (χ0) is 22.0. The molecule has 1 fully saturated rings. The van der Waals surface area contributed by atoms with Crippen LogP contribution in [0.2, 0.25) is 0 Å². The highest BCUT2D eigenvalue weighted by Gasteiger charge is 2.25. The van der Waals surface area contributed by atoms with Crippen LogP contribution in [-0.4, -0.2) is 30.4 Å². The molecule has 7 heteroatoms. The molecule has 3 aromatic rings. The van der Waals surface area contributed by atoms with Gasteiger partial charge in [-0.2, -0.15) is 0 Å². The highest BCUT2D eigenvalue weighted by molar-refractivity contribution is 6.04. The van der Waals surface area contributed by atoms with E-state index < -0.39 is 18.5 Å². The molecule has 1 aliphatic rings. The smallest absolute Gasteiger partial charge is 0.310 e. The minimum absolute atomic E-state index is 0.00314. The molecule has 31 heavy (non-hydrogen) atoms. The largest absolute Gasteiger partial charge is 0.464 e. The Morgan fingerprint density at radius 1 is 1.10 bits per heavy atom. The molecule has 0 atom stereocenters. The molecule has 2 amide bonds. The number of rotatable bonds is 7. The van der Waals surface area contributed by atoms with Crippen molar-refractivity contribution in [3.63, 3.8) is 0 Å². The van der Waals surface area contributed by atoms with Crippen LogP contribution in [0.4, 0.5) is 5.69 Å². The molecule has 0 spiro atoms. The van der Waals surface area contributed by atoms with Gasteiger partial charge in [-0.15, -0.1) is 0 Å². The third-order valence-corrected chi connectivity index (χ3v) is 5.33. The van der Waals surface area contributed by atoms with Gasteiger partial charge in [-0.3, -0.25) is 14.4 Å². The fourth-order valence-electron chi connectivity index (χ4n) is 3.29. The number of esters is 1. The lowest BCUT2D eigenvalue weighted by molar-refractivity contribution is -0.146. The minimum Gasteiger partial charge on any atom is -0.464 e. The second-order valence-corrected chi connectivity index (χ2v) is 7.87. The fraction of sp³-hybridized carbons (Fsp3) is 0.292. The summed E-state index contributed by atoms with van der Waals surface area (Å²) in [6, 6.07) is 10.9. The van der Waals surface area contributed by atoms with Crippen LogP contribution in [0.1, 0.15) is 39.9 Å². The SMILES string of the molecule is Cc1cc2occ(CC(=O)OCC(=O)Nc3ccccc3C(=O)NC3CC3)c2cc1C. The minimum atomic E-state index is -0.532. The van der Waals surface area contributed by atoms with E-state index in [4.69, 9.17) is 9.15 Å². The van der Waals surface area contributed by atoms with Gasteiger partial charge in [0, 0.05) is 17.0 Å². The molecule has 2 aromatic carbocycles. The summed E-state index contributed by atoms with van der Waals surface area (Å²) in [5.41, 5.74) is 4.40. The Morgan fingerprint density at radius 3 is 2.61 bits per heavy atom. The molecule has 1 aromatic heterocycles. The van der Waals surface area contributed by atoms with Crippen LogP contribution in [0.25, 0.3) is 11.0 Å².